The van der Waals surface area contributed by atoms with Crippen molar-refractivity contribution in [2.45, 2.75) is 64.5 Å². The van der Waals surface area contributed by atoms with Crippen molar-refractivity contribution in [2.75, 3.05) is 0 Å². The van der Waals surface area contributed by atoms with Crippen molar-refractivity contribution in [3.05, 3.63) is 18.2 Å². The second kappa shape index (κ2) is 6.20. The monoisotopic (exact) mass is 235 g/mol. The third-order valence-corrected chi connectivity index (χ3v) is 4.02. The Kier molecular flexibility index (Phi) is 4.60. The molecule has 0 bridgehead atoms. The van der Waals surface area contributed by atoms with Gasteiger partial charge in [-0.3, -0.25) is 0 Å². The predicted molar refractivity (Wildman–Crippen MR) is 70.8 cm³/mol. The normalized spacial score (nSPS) is 18.7. The molecule has 0 aromatic carbocycles. The molecule has 1 aromatic heterocycles. The molecule has 96 valence electrons. The van der Waals surface area contributed by atoms with Crippen LogP contribution in [0, 0.1) is 5.92 Å². The molecule has 1 fully saturated rings. The summed E-state index contributed by atoms with van der Waals surface area (Å²) in [5.41, 5.74) is 6.00. The van der Waals surface area contributed by atoms with Crippen molar-refractivity contribution < 1.29 is 0 Å². The Morgan fingerprint density at radius 2 is 2.24 bits per heavy atom. The van der Waals surface area contributed by atoms with E-state index >= 15 is 0 Å². The maximum absolute atomic E-state index is 6.00. The van der Waals surface area contributed by atoms with E-state index in [9.17, 15) is 0 Å². The molecule has 3 heteroatoms. The zero-order valence-electron chi connectivity index (χ0n) is 10.9. The first kappa shape index (κ1) is 12.6. The van der Waals surface area contributed by atoms with Crippen molar-refractivity contribution in [2.24, 2.45) is 11.7 Å². The molecule has 1 saturated carbocycles. The molecule has 1 heterocycles. The second-order valence-electron chi connectivity index (χ2n) is 5.35. The number of nitrogens with zero attached hydrogens (tertiary/aromatic N) is 2. The highest BCUT2D eigenvalue weighted by molar-refractivity contribution is 4.95. The molecule has 1 aliphatic rings. The summed E-state index contributed by atoms with van der Waals surface area (Å²) >= 11 is 0. The fraction of sp³-hybridized carbons (Fsp3) is 0.786. The van der Waals surface area contributed by atoms with Gasteiger partial charge in [-0.05, 0) is 18.8 Å². The van der Waals surface area contributed by atoms with Crippen LogP contribution in [0.2, 0.25) is 0 Å². The van der Waals surface area contributed by atoms with E-state index < -0.39 is 0 Å². The maximum atomic E-state index is 6.00. The summed E-state index contributed by atoms with van der Waals surface area (Å²) < 4.78 is 2.30. The van der Waals surface area contributed by atoms with E-state index in [-0.39, 0.29) is 6.04 Å². The minimum atomic E-state index is 0.252. The highest BCUT2D eigenvalue weighted by atomic mass is 15.1. The van der Waals surface area contributed by atoms with Crippen LogP contribution in [0.1, 0.15) is 51.3 Å². The van der Waals surface area contributed by atoms with Crippen LogP contribution < -0.4 is 5.73 Å². The lowest BCUT2D eigenvalue weighted by molar-refractivity contribution is 0.448. The summed E-state index contributed by atoms with van der Waals surface area (Å²) in [5.74, 6) is 2.11. The molecule has 1 atom stereocenters. The summed E-state index contributed by atoms with van der Waals surface area (Å²) in [4.78, 5) is 4.43. The van der Waals surface area contributed by atoms with Gasteiger partial charge in [0.15, 0.2) is 0 Å². The second-order valence-corrected chi connectivity index (χ2v) is 5.35. The Bertz CT molecular complexity index is 326. The van der Waals surface area contributed by atoms with Crippen molar-refractivity contribution in [1.29, 1.82) is 0 Å². The molecule has 0 amide bonds. The van der Waals surface area contributed by atoms with Gasteiger partial charge in [0.2, 0.25) is 0 Å². The minimum Gasteiger partial charge on any atom is -0.335 e. The molecular formula is C14H25N3. The zero-order valence-corrected chi connectivity index (χ0v) is 10.9. The van der Waals surface area contributed by atoms with Crippen LogP contribution in [-0.4, -0.2) is 15.6 Å². The summed E-state index contributed by atoms with van der Waals surface area (Å²) in [7, 11) is 0. The van der Waals surface area contributed by atoms with E-state index in [0.29, 0.717) is 0 Å². The van der Waals surface area contributed by atoms with Crippen LogP contribution in [0.15, 0.2) is 12.4 Å². The lowest BCUT2D eigenvalue weighted by atomic mass is 10.0. The SMILES string of the molecule is CCC(N)Cc1nccn1CCC1CCCC1. The lowest BCUT2D eigenvalue weighted by Crippen LogP contribution is -2.23. The van der Waals surface area contributed by atoms with E-state index in [0.717, 1.165) is 31.1 Å². The lowest BCUT2D eigenvalue weighted by Gasteiger charge is -2.13. The first-order valence-electron chi connectivity index (χ1n) is 7.05. The molecule has 0 radical (unpaired) electrons. The fourth-order valence-electron chi connectivity index (χ4n) is 2.73. The number of aryl methyl sites for hydroxylation is 1. The molecule has 0 spiro atoms. The molecule has 3 nitrogen and oxygen atoms in total. The molecule has 2 N–H and O–H groups in total. The van der Waals surface area contributed by atoms with Gasteiger partial charge in [-0.15, -0.1) is 0 Å². The number of hydrogen-bond acceptors (Lipinski definition) is 2. The zero-order chi connectivity index (χ0) is 12.1. The molecule has 0 aliphatic heterocycles. The number of nitrogens with two attached hydrogens (primary N) is 1. The Labute approximate surface area is 104 Å². The predicted octanol–water partition coefficient (Wildman–Crippen LogP) is 2.74. The first-order chi connectivity index (χ1) is 8.29. The van der Waals surface area contributed by atoms with Crippen LogP contribution in [0.4, 0.5) is 0 Å². The van der Waals surface area contributed by atoms with Gasteiger partial charge in [-0.25, -0.2) is 4.98 Å². The summed E-state index contributed by atoms with van der Waals surface area (Å²) in [5, 5.41) is 0. The number of rotatable bonds is 6. The largest absolute Gasteiger partial charge is 0.335 e. The average Bonchev–Trinajstić information content (AvgIpc) is 2.97. The Balaban J connectivity index is 1.85. The van der Waals surface area contributed by atoms with Crippen molar-refractivity contribution in [1.82, 2.24) is 9.55 Å². The van der Waals surface area contributed by atoms with Gasteiger partial charge in [-0.1, -0.05) is 32.6 Å². The van der Waals surface area contributed by atoms with Crippen LogP contribution in [-0.2, 0) is 13.0 Å². The van der Waals surface area contributed by atoms with Crippen LogP contribution in [0.5, 0.6) is 0 Å². The third kappa shape index (κ3) is 3.56. The molecule has 0 saturated heterocycles. The number of hydrogen-bond donors (Lipinski definition) is 1. The molecular weight excluding hydrogens is 210 g/mol. The van der Waals surface area contributed by atoms with Crippen LogP contribution in [0.25, 0.3) is 0 Å². The molecule has 2 rings (SSSR count). The van der Waals surface area contributed by atoms with E-state index in [2.05, 4.69) is 22.7 Å². The van der Waals surface area contributed by atoms with Crippen LogP contribution in [0.3, 0.4) is 0 Å². The van der Waals surface area contributed by atoms with Gasteiger partial charge < -0.3 is 10.3 Å². The van der Waals surface area contributed by atoms with E-state index in [1.165, 1.54) is 32.1 Å². The number of imidazole rings is 1. The Hall–Kier alpha value is -0.830. The average molecular weight is 235 g/mol. The topological polar surface area (TPSA) is 43.8 Å². The van der Waals surface area contributed by atoms with E-state index in [1.54, 1.807) is 0 Å². The Morgan fingerprint density at radius 1 is 1.47 bits per heavy atom. The van der Waals surface area contributed by atoms with Gasteiger partial charge >= 0.3 is 0 Å². The van der Waals surface area contributed by atoms with Gasteiger partial charge in [0.25, 0.3) is 0 Å². The van der Waals surface area contributed by atoms with Crippen LogP contribution >= 0.6 is 0 Å². The number of aromatic nitrogens is 2. The maximum Gasteiger partial charge on any atom is 0.110 e. The quantitative estimate of drug-likeness (QED) is 0.824. The van der Waals surface area contributed by atoms with E-state index in [4.69, 9.17) is 5.73 Å². The van der Waals surface area contributed by atoms with Gasteiger partial charge in [0.1, 0.15) is 5.82 Å². The smallest absolute Gasteiger partial charge is 0.110 e. The molecule has 1 aromatic rings. The highest BCUT2D eigenvalue weighted by Crippen LogP contribution is 2.28. The fourth-order valence-corrected chi connectivity index (χ4v) is 2.73. The van der Waals surface area contributed by atoms with Gasteiger partial charge in [0.05, 0.1) is 0 Å². The summed E-state index contributed by atoms with van der Waals surface area (Å²) in [6.45, 7) is 3.26. The van der Waals surface area contributed by atoms with Gasteiger partial charge in [0, 0.05) is 31.4 Å². The minimum absolute atomic E-state index is 0.252. The molecule has 17 heavy (non-hydrogen) atoms. The summed E-state index contributed by atoms with van der Waals surface area (Å²) in [6, 6.07) is 0.252. The standard InChI is InChI=1S/C14H25N3/c1-2-13(15)11-14-16-8-10-17(14)9-7-12-5-3-4-6-12/h8,10,12-13H,2-7,9,11,15H2,1H3. The van der Waals surface area contributed by atoms with Crippen molar-refractivity contribution in [3.8, 4) is 0 Å². The highest BCUT2D eigenvalue weighted by Gasteiger charge is 2.15. The third-order valence-electron chi connectivity index (χ3n) is 4.02. The first-order valence-corrected chi connectivity index (χ1v) is 7.05. The summed E-state index contributed by atoms with van der Waals surface area (Å²) in [6.07, 6.45) is 13.0. The van der Waals surface area contributed by atoms with Crippen molar-refractivity contribution >= 4 is 0 Å². The molecule has 1 aliphatic carbocycles. The van der Waals surface area contributed by atoms with E-state index in [1.807, 2.05) is 6.20 Å². The van der Waals surface area contributed by atoms with Gasteiger partial charge in [-0.2, -0.15) is 0 Å². The molecule has 1 unspecified atom stereocenters. The Morgan fingerprint density at radius 3 is 2.94 bits per heavy atom. The van der Waals surface area contributed by atoms with Crippen molar-refractivity contribution in [3.63, 3.8) is 0 Å².